The zero-order valence-corrected chi connectivity index (χ0v) is 22.3. The van der Waals surface area contributed by atoms with E-state index >= 15 is 0 Å². The van der Waals surface area contributed by atoms with Gasteiger partial charge in [0, 0.05) is 68.5 Å². The fraction of sp³-hybridized carbons (Fsp3) is 0.281. The molecule has 7 nitrogen and oxygen atoms in total. The third-order valence-corrected chi connectivity index (χ3v) is 6.48. The van der Waals surface area contributed by atoms with Gasteiger partial charge in [-0.15, -0.1) is 0 Å². The Morgan fingerprint density at radius 2 is 1.28 bits per heavy atom. The van der Waals surface area contributed by atoms with Gasteiger partial charge in [0.25, 0.3) is 0 Å². The number of nitrogens with zero attached hydrogens (tertiary/aromatic N) is 3. The van der Waals surface area contributed by atoms with E-state index in [4.69, 9.17) is 9.47 Å². The third kappa shape index (κ3) is 8.85. The molecule has 1 atom stereocenters. The molecular weight excluding hydrogens is 490 g/mol. The molecule has 1 aliphatic rings. The van der Waals surface area contributed by atoms with Gasteiger partial charge in [0.05, 0.1) is 0 Å². The lowest BCUT2D eigenvalue weighted by atomic mass is 10.1. The fourth-order valence-electron chi connectivity index (χ4n) is 4.32. The Bertz CT molecular complexity index is 1240. The van der Waals surface area contributed by atoms with Crippen LogP contribution in [-0.2, 0) is 19.1 Å². The van der Waals surface area contributed by atoms with E-state index in [1.165, 1.54) is 17.8 Å². The molecule has 0 spiro atoms. The van der Waals surface area contributed by atoms with Crippen LogP contribution in [0.5, 0.6) is 0 Å². The lowest BCUT2D eigenvalue weighted by Crippen LogP contribution is -2.46. The van der Waals surface area contributed by atoms with Crippen LogP contribution < -0.4 is 9.80 Å². The molecule has 3 aromatic rings. The fourth-order valence-corrected chi connectivity index (χ4v) is 4.32. The van der Waals surface area contributed by atoms with Gasteiger partial charge in [-0.25, -0.2) is 9.59 Å². The van der Waals surface area contributed by atoms with Crippen molar-refractivity contribution in [1.29, 1.82) is 0 Å². The summed E-state index contributed by atoms with van der Waals surface area (Å²) in [6.07, 6.45) is 10.9. The largest absolute Gasteiger partial charge is 0.422 e. The summed E-state index contributed by atoms with van der Waals surface area (Å²) in [5.74, 6) is -1.10. The van der Waals surface area contributed by atoms with Crippen molar-refractivity contribution in [3.8, 4) is 0 Å². The molecule has 0 bridgehead atoms. The van der Waals surface area contributed by atoms with Crippen molar-refractivity contribution in [2.75, 3.05) is 36.0 Å². The predicted molar refractivity (Wildman–Crippen MR) is 155 cm³/mol. The minimum absolute atomic E-state index is 0.449. The van der Waals surface area contributed by atoms with Crippen LogP contribution >= 0.6 is 0 Å². The number of pyridine rings is 1. The Morgan fingerprint density at radius 3 is 1.82 bits per heavy atom. The zero-order chi connectivity index (χ0) is 27.3. The predicted octanol–water partition coefficient (Wildman–Crippen LogP) is 5.74. The molecular formula is C32H35N3O4. The monoisotopic (exact) mass is 525 g/mol. The average Bonchev–Trinajstić information content (AvgIpc) is 2.99. The average molecular weight is 526 g/mol. The highest BCUT2D eigenvalue weighted by Gasteiger charge is 2.18. The number of rotatable bonds is 11. The molecule has 2 heterocycles. The number of piperazine rings is 1. The molecule has 4 rings (SSSR count). The van der Waals surface area contributed by atoms with Crippen molar-refractivity contribution < 1.29 is 19.1 Å². The van der Waals surface area contributed by atoms with Gasteiger partial charge >= 0.3 is 11.9 Å². The Labute approximate surface area is 230 Å². The van der Waals surface area contributed by atoms with E-state index in [-0.39, 0.29) is 0 Å². The maximum Gasteiger partial charge on any atom is 0.333 e. The van der Waals surface area contributed by atoms with Crippen LogP contribution in [0.3, 0.4) is 0 Å². The van der Waals surface area contributed by atoms with Crippen molar-refractivity contribution in [1.82, 2.24) is 4.98 Å². The first kappa shape index (κ1) is 27.6. The second-order valence-electron chi connectivity index (χ2n) is 9.29. The molecule has 0 amide bonds. The van der Waals surface area contributed by atoms with E-state index in [9.17, 15) is 9.59 Å². The second kappa shape index (κ2) is 14.5. The molecule has 1 saturated heterocycles. The number of hydrogen-bond donors (Lipinski definition) is 0. The zero-order valence-electron chi connectivity index (χ0n) is 22.3. The van der Waals surface area contributed by atoms with Crippen molar-refractivity contribution in [3.63, 3.8) is 0 Å². The molecule has 202 valence electrons. The quantitative estimate of drug-likeness (QED) is 0.180. The van der Waals surface area contributed by atoms with Crippen molar-refractivity contribution in [3.05, 3.63) is 102 Å². The summed E-state index contributed by atoms with van der Waals surface area (Å²) in [6, 6.07) is 21.7. The summed E-state index contributed by atoms with van der Waals surface area (Å²) < 4.78 is 10.8. The number of ether oxygens (including phenoxy) is 2. The number of esters is 2. The van der Waals surface area contributed by atoms with Crippen LogP contribution in [0.1, 0.15) is 37.3 Å². The van der Waals surface area contributed by atoms with Crippen molar-refractivity contribution >= 4 is 35.5 Å². The Morgan fingerprint density at radius 1 is 0.769 bits per heavy atom. The van der Waals surface area contributed by atoms with Gasteiger partial charge < -0.3 is 19.3 Å². The van der Waals surface area contributed by atoms with Gasteiger partial charge in [0.2, 0.25) is 6.29 Å². The normalized spacial score (nSPS) is 14.5. The lowest BCUT2D eigenvalue weighted by molar-refractivity contribution is -0.181. The molecule has 1 fully saturated rings. The summed E-state index contributed by atoms with van der Waals surface area (Å²) in [4.78, 5) is 33.6. The van der Waals surface area contributed by atoms with E-state index in [1.54, 1.807) is 12.2 Å². The first-order chi connectivity index (χ1) is 19.1. The SMILES string of the molecule is CCCCC(OC(=O)C=Cc1ccccc1)OC(=O)C=Cc1ccc(N2CCN(c3ccncc3)CC2)cc1. The van der Waals surface area contributed by atoms with Crippen LogP contribution in [0, 0.1) is 0 Å². The van der Waals surface area contributed by atoms with Crippen LogP contribution in [0.2, 0.25) is 0 Å². The third-order valence-electron chi connectivity index (χ3n) is 6.48. The highest BCUT2D eigenvalue weighted by molar-refractivity contribution is 5.88. The highest BCUT2D eigenvalue weighted by atomic mass is 16.7. The first-order valence-electron chi connectivity index (χ1n) is 13.4. The van der Waals surface area contributed by atoms with Crippen LogP contribution in [0.25, 0.3) is 12.2 Å². The molecule has 39 heavy (non-hydrogen) atoms. The highest BCUT2D eigenvalue weighted by Crippen LogP contribution is 2.21. The van der Waals surface area contributed by atoms with Gasteiger partial charge in [-0.2, -0.15) is 0 Å². The van der Waals surface area contributed by atoms with Gasteiger partial charge in [-0.05, 0) is 54.0 Å². The maximum absolute atomic E-state index is 12.5. The summed E-state index contributed by atoms with van der Waals surface area (Å²) in [6.45, 7) is 5.79. The molecule has 7 heteroatoms. The Hall–Kier alpha value is -4.39. The van der Waals surface area contributed by atoms with Crippen molar-refractivity contribution in [2.45, 2.75) is 32.5 Å². The Kier molecular flexibility index (Phi) is 10.3. The van der Waals surface area contributed by atoms with Crippen LogP contribution in [0.15, 0.2) is 91.3 Å². The number of unbranched alkanes of at least 4 members (excludes halogenated alkanes) is 1. The van der Waals surface area contributed by atoms with Gasteiger partial charge in [-0.1, -0.05) is 55.8 Å². The molecule has 0 aliphatic carbocycles. The molecule has 1 aromatic heterocycles. The molecule has 1 aliphatic heterocycles. The van der Waals surface area contributed by atoms with Gasteiger partial charge in [-0.3, -0.25) is 4.98 Å². The molecule has 0 radical (unpaired) electrons. The summed E-state index contributed by atoms with van der Waals surface area (Å²) >= 11 is 0. The number of carbonyl (C=O) groups excluding carboxylic acids is 2. The van der Waals surface area contributed by atoms with E-state index in [2.05, 4.69) is 26.9 Å². The minimum atomic E-state index is -0.928. The molecule has 0 N–H and O–H groups in total. The minimum Gasteiger partial charge on any atom is -0.422 e. The maximum atomic E-state index is 12.5. The standard InChI is InChI=1S/C32H35N3O4/c1-2-3-9-32(38-30(36)16-12-26-7-5-4-6-8-26)39-31(37)17-13-27-10-14-28(15-11-27)34-22-24-35(25-23-34)29-18-20-33-21-19-29/h4-8,10-21,32H,2-3,9,22-25H2,1H3. The van der Waals surface area contributed by atoms with E-state index < -0.39 is 18.2 Å². The second-order valence-corrected chi connectivity index (χ2v) is 9.29. The van der Waals surface area contributed by atoms with Crippen LogP contribution in [-0.4, -0.2) is 49.4 Å². The summed E-state index contributed by atoms with van der Waals surface area (Å²) in [5.41, 5.74) is 4.13. The number of carbonyl (C=O) groups is 2. The van der Waals surface area contributed by atoms with Crippen LogP contribution in [0.4, 0.5) is 11.4 Å². The van der Waals surface area contributed by atoms with Crippen molar-refractivity contribution in [2.24, 2.45) is 0 Å². The summed E-state index contributed by atoms with van der Waals surface area (Å²) in [5, 5.41) is 0. The van der Waals surface area contributed by atoms with E-state index in [0.29, 0.717) is 6.42 Å². The Balaban J connectivity index is 1.26. The number of aromatic nitrogens is 1. The molecule has 0 saturated carbocycles. The lowest BCUT2D eigenvalue weighted by Gasteiger charge is -2.37. The van der Waals surface area contributed by atoms with Gasteiger partial charge in [0.1, 0.15) is 0 Å². The molecule has 2 aromatic carbocycles. The van der Waals surface area contributed by atoms with E-state index in [0.717, 1.165) is 55.8 Å². The number of anilines is 2. The topological polar surface area (TPSA) is 72.0 Å². The van der Waals surface area contributed by atoms with E-state index in [1.807, 2.05) is 73.9 Å². The summed E-state index contributed by atoms with van der Waals surface area (Å²) in [7, 11) is 0. The first-order valence-corrected chi connectivity index (χ1v) is 13.4. The van der Waals surface area contributed by atoms with Gasteiger partial charge in [0.15, 0.2) is 0 Å². The smallest absolute Gasteiger partial charge is 0.333 e. The number of benzene rings is 2. The molecule has 1 unspecified atom stereocenters. The number of hydrogen-bond acceptors (Lipinski definition) is 7.